The highest BCUT2D eigenvalue weighted by atomic mass is 32.1. The van der Waals surface area contributed by atoms with Crippen molar-refractivity contribution in [2.45, 2.75) is 18.6 Å². The molecule has 1 aliphatic heterocycles. The van der Waals surface area contributed by atoms with Crippen molar-refractivity contribution < 1.29 is 27.5 Å². The summed E-state index contributed by atoms with van der Waals surface area (Å²) in [6.07, 6.45) is -4.67. The quantitative estimate of drug-likeness (QED) is 0.876. The number of hydrogen-bond acceptors (Lipinski definition) is 5. The first-order chi connectivity index (χ1) is 11.7. The molecule has 2 aromatic heterocycles. The summed E-state index contributed by atoms with van der Waals surface area (Å²) >= 11 is 0.936. The van der Waals surface area contributed by atoms with Crippen LogP contribution in [-0.4, -0.2) is 52.3 Å². The van der Waals surface area contributed by atoms with E-state index in [9.17, 15) is 22.8 Å². The van der Waals surface area contributed by atoms with Crippen molar-refractivity contribution in [2.75, 3.05) is 19.8 Å². The number of thiophene rings is 1. The van der Waals surface area contributed by atoms with E-state index in [1.165, 1.54) is 18.0 Å². The minimum absolute atomic E-state index is 0.0635. The number of halogens is 3. The van der Waals surface area contributed by atoms with E-state index in [1.54, 1.807) is 0 Å². The lowest BCUT2D eigenvalue weighted by Crippen LogP contribution is -2.50. The van der Waals surface area contributed by atoms with Gasteiger partial charge in [-0.2, -0.15) is 18.3 Å². The molecule has 0 radical (unpaired) electrons. The van der Waals surface area contributed by atoms with Crippen LogP contribution in [0.2, 0.25) is 0 Å². The van der Waals surface area contributed by atoms with Crippen LogP contribution in [0.25, 0.3) is 10.2 Å². The molecular weight excluding hydrogens is 361 g/mol. The second-order valence-electron chi connectivity index (χ2n) is 5.70. The van der Waals surface area contributed by atoms with Gasteiger partial charge in [-0.05, 0) is 6.07 Å². The Kier molecular flexibility index (Phi) is 4.45. The van der Waals surface area contributed by atoms with E-state index >= 15 is 0 Å². The van der Waals surface area contributed by atoms with Crippen LogP contribution in [0, 0.1) is 0 Å². The number of carbonyl (C=O) groups excluding carboxylic acids is 2. The third kappa shape index (κ3) is 3.33. The molecule has 3 rings (SSSR count). The highest BCUT2D eigenvalue weighted by Crippen LogP contribution is 2.37. The largest absolute Gasteiger partial charge is 0.435 e. The van der Waals surface area contributed by atoms with Crippen LogP contribution in [0.3, 0.4) is 0 Å². The summed E-state index contributed by atoms with van der Waals surface area (Å²) in [6, 6.07) is 0.679. The summed E-state index contributed by atoms with van der Waals surface area (Å²) in [5, 5.41) is 3.38. The van der Waals surface area contributed by atoms with Crippen molar-refractivity contribution in [3.8, 4) is 0 Å². The van der Waals surface area contributed by atoms with Crippen LogP contribution < -0.4 is 5.73 Å². The highest BCUT2D eigenvalue weighted by molar-refractivity contribution is 7.20. The Bertz CT molecular complexity index is 829. The maximum absolute atomic E-state index is 13.1. The summed E-state index contributed by atoms with van der Waals surface area (Å²) in [6.45, 7) is 0.700. The zero-order chi connectivity index (χ0) is 18.4. The van der Waals surface area contributed by atoms with Gasteiger partial charge in [0.2, 0.25) is 5.91 Å². The lowest BCUT2D eigenvalue weighted by atomic mass is 10.1. The lowest BCUT2D eigenvalue weighted by molar-refractivity contribution is -0.140. The number of ether oxygens (including phenoxy) is 1. The average molecular weight is 376 g/mol. The molecular formula is C14H15F3N4O3S. The van der Waals surface area contributed by atoms with Gasteiger partial charge < -0.3 is 15.4 Å². The van der Waals surface area contributed by atoms with Crippen LogP contribution in [0.5, 0.6) is 0 Å². The number of rotatable bonds is 3. The molecule has 0 saturated carbocycles. The van der Waals surface area contributed by atoms with Crippen molar-refractivity contribution >= 4 is 33.4 Å². The number of primary amides is 1. The van der Waals surface area contributed by atoms with Crippen molar-refractivity contribution in [3.05, 3.63) is 16.6 Å². The van der Waals surface area contributed by atoms with E-state index in [2.05, 4.69) is 5.10 Å². The molecule has 136 valence electrons. The third-order valence-electron chi connectivity index (χ3n) is 3.92. The molecule has 2 aromatic rings. The molecule has 0 aliphatic carbocycles. The van der Waals surface area contributed by atoms with Crippen molar-refractivity contribution in [1.29, 1.82) is 0 Å². The second kappa shape index (κ2) is 6.30. The van der Waals surface area contributed by atoms with Crippen LogP contribution in [0.4, 0.5) is 13.2 Å². The monoisotopic (exact) mass is 376 g/mol. The molecule has 1 saturated heterocycles. The topological polar surface area (TPSA) is 90.4 Å². The number of nitrogens with two attached hydrogens (primary N) is 1. The molecule has 25 heavy (non-hydrogen) atoms. The number of aryl methyl sites for hydroxylation is 1. The number of alkyl halides is 3. The standard InChI is InChI=1S/C14H15F3N4O3S/c1-20-13-8(11(19-20)14(15,16)17)5-9(25-13)12(23)21-2-3-24-6-7(21)4-10(18)22/h5,7H,2-4,6H2,1H3,(H2,18,22)/t7-/m1/s1. The SMILES string of the molecule is Cn1nc(C(F)(F)F)c2cc(C(=O)N3CCOC[C@H]3CC(N)=O)sc21. The molecule has 0 spiro atoms. The Labute approximate surface area is 144 Å². The summed E-state index contributed by atoms with van der Waals surface area (Å²) in [5.74, 6) is -1.02. The molecule has 3 heterocycles. The molecule has 2 amide bonds. The van der Waals surface area contributed by atoms with Crippen LogP contribution in [-0.2, 0) is 22.8 Å². The molecule has 1 fully saturated rings. The van der Waals surface area contributed by atoms with Gasteiger partial charge in [-0.3, -0.25) is 14.3 Å². The molecule has 2 N–H and O–H groups in total. The van der Waals surface area contributed by atoms with Gasteiger partial charge in [0.15, 0.2) is 5.69 Å². The first-order valence-corrected chi connectivity index (χ1v) is 8.21. The fourth-order valence-corrected chi connectivity index (χ4v) is 3.85. The van der Waals surface area contributed by atoms with E-state index in [4.69, 9.17) is 10.5 Å². The Morgan fingerprint density at radius 3 is 2.84 bits per heavy atom. The smallest absolute Gasteiger partial charge is 0.377 e. The Balaban J connectivity index is 1.95. The molecule has 7 nitrogen and oxygen atoms in total. The van der Waals surface area contributed by atoms with Gasteiger partial charge in [0.1, 0.15) is 4.83 Å². The highest BCUT2D eigenvalue weighted by Gasteiger charge is 2.38. The summed E-state index contributed by atoms with van der Waals surface area (Å²) in [5.41, 5.74) is 4.17. The maximum Gasteiger partial charge on any atom is 0.435 e. The Morgan fingerprint density at radius 2 is 2.20 bits per heavy atom. The van der Waals surface area contributed by atoms with Gasteiger partial charge in [-0.15, -0.1) is 11.3 Å². The Morgan fingerprint density at radius 1 is 1.48 bits per heavy atom. The van der Waals surface area contributed by atoms with E-state index in [0.717, 1.165) is 16.0 Å². The van der Waals surface area contributed by atoms with Gasteiger partial charge in [0.05, 0.1) is 24.1 Å². The third-order valence-corrected chi connectivity index (χ3v) is 5.11. The van der Waals surface area contributed by atoms with E-state index in [-0.39, 0.29) is 34.7 Å². The number of nitrogens with zero attached hydrogens (tertiary/aromatic N) is 3. The van der Waals surface area contributed by atoms with Crippen LogP contribution >= 0.6 is 11.3 Å². The summed E-state index contributed by atoms with van der Waals surface area (Å²) in [7, 11) is 1.40. The molecule has 11 heteroatoms. The average Bonchev–Trinajstić information content (AvgIpc) is 3.07. The van der Waals surface area contributed by atoms with Gasteiger partial charge in [-0.1, -0.05) is 0 Å². The minimum Gasteiger partial charge on any atom is -0.377 e. The van der Waals surface area contributed by atoms with Gasteiger partial charge in [0.25, 0.3) is 5.91 Å². The first kappa shape index (κ1) is 17.7. The lowest BCUT2D eigenvalue weighted by Gasteiger charge is -2.34. The number of fused-ring (bicyclic) bond motifs is 1. The van der Waals surface area contributed by atoms with E-state index in [0.29, 0.717) is 6.61 Å². The van der Waals surface area contributed by atoms with E-state index in [1.807, 2.05) is 0 Å². The number of aromatic nitrogens is 2. The molecule has 0 unspecified atom stereocenters. The number of amides is 2. The number of hydrogen-bond donors (Lipinski definition) is 1. The summed E-state index contributed by atoms with van der Waals surface area (Å²) in [4.78, 5) is 25.8. The van der Waals surface area contributed by atoms with Crippen LogP contribution in [0.15, 0.2) is 6.07 Å². The zero-order valence-electron chi connectivity index (χ0n) is 13.2. The van der Waals surface area contributed by atoms with Crippen molar-refractivity contribution in [2.24, 2.45) is 12.8 Å². The molecule has 1 aliphatic rings. The number of carbonyl (C=O) groups is 2. The predicted octanol–water partition coefficient (Wildman–Crippen LogP) is 1.37. The van der Waals surface area contributed by atoms with Crippen LogP contribution in [0.1, 0.15) is 21.8 Å². The number of morpholine rings is 1. The van der Waals surface area contributed by atoms with Crippen molar-refractivity contribution in [1.82, 2.24) is 14.7 Å². The normalized spacial score (nSPS) is 18.7. The summed E-state index contributed by atoms with van der Waals surface area (Å²) < 4.78 is 45.6. The fraction of sp³-hybridized carbons (Fsp3) is 0.500. The van der Waals surface area contributed by atoms with Gasteiger partial charge >= 0.3 is 6.18 Å². The second-order valence-corrected chi connectivity index (χ2v) is 6.73. The van der Waals surface area contributed by atoms with Gasteiger partial charge in [0, 0.05) is 25.4 Å². The van der Waals surface area contributed by atoms with E-state index < -0.39 is 29.7 Å². The predicted molar refractivity (Wildman–Crippen MR) is 83.0 cm³/mol. The zero-order valence-corrected chi connectivity index (χ0v) is 14.0. The fourth-order valence-electron chi connectivity index (χ4n) is 2.82. The molecule has 0 bridgehead atoms. The van der Waals surface area contributed by atoms with Gasteiger partial charge in [-0.25, -0.2) is 0 Å². The minimum atomic E-state index is -4.60. The molecule has 1 atom stereocenters. The van der Waals surface area contributed by atoms with Crippen molar-refractivity contribution in [3.63, 3.8) is 0 Å². The maximum atomic E-state index is 13.1. The molecule has 0 aromatic carbocycles. The Hall–Kier alpha value is -2.14. The first-order valence-electron chi connectivity index (χ1n) is 7.39.